The van der Waals surface area contributed by atoms with E-state index in [-0.39, 0.29) is 12.4 Å². The van der Waals surface area contributed by atoms with Crippen LogP contribution in [0.25, 0.3) is 0 Å². The standard InChI is InChI=1S/C10H17N3S.ClH/c1-10(6-11)2-3-13(7-10)5-9-4-12-8-14-9;/h4,8H,2-3,5-7,11H2,1H3;1H. The first-order valence-corrected chi connectivity index (χ1v) is 5.90. The van der Waals surface area contributed by atoms with Gasteiger partial charge in [0, 0.05) is 24.2 Å². The van der Waals surface area contributed by atoms with Gasteiger partial charge in [0.25, 0.3) is 0 Å². The zero-order valence-electron chi connectivity index (χ0n) is 8.98. The Morgan fingerprint density at radius 2 is 2.47 bits per heavy atom. The van der Waals surface area contributed by atoms with Crippen LogP contribution >= 0.6 is 23.7 Å². The molecule has 5 heteroatoms. The van der Waals surface area contributed by atoms with Crippen molar-refractivity contribution >= 4 is 23.7 Å². The van der Waals surface area contributed by atoms with Crippen LogP contribution in [0.5, 0.6) is 0 Å². The Morgan fingerprint density at radius 3 is 3.00 bits per heavy atom. The molecule has 1 saturated heterocycles. The molecule has 1 fully saturated rings. The minimum Gasteiger partial charge on any atom is -0.330 e. The third-order valence-electron chi connectivity index (χ3n) is 2.99. The Morgan fingerprint density at radius 1 is 1.67 bits per heavy atom. The molecule has 0 aliphatic carbocycles. The van der Waals surface area contributed by atoms with Crippen molar-refractivity contribution in [3.63, 3.8) is 0 Å². The molecular formula is C10H18ClN3S. The highest BCUT2D eigenvalue weighted by molar-refractivity contribution is 7.09. The molecule has 0 radical (unpaired) electrons. The normalized spacial score (nSPS) is 26.5. The van der Waals surface area contributed by atoms with E-state index in [1.165, 1.54) is 17.8 Å². The fourth-order valence-corrected chi connectivity index (χ4v) is 2.60. The number of rotatable bonds is 3. The third-order valence-corrected chi connectivity index (χ3v) is 3.76. The van der Waals surface area contributed by atoms with Gasteiger partial charge in [0.15, 0.2) is 0 Å². The SMILES string of the molecule is CC1(CN)CCN(Cc2cncs2)C1.Cl. The molecule has 1 aromatic rings. The molecule has 1 unspecified atom stereocenters. The number of hydrogen-bond donors (Lipinski definition) is 1. The van der Waals surface area contributed by atoms with Crippen LogP contribution in [0.1, 0.15) is 18.2 Å². The summed E-state index contributed by atoms with van der Waals surface area (Å²) in [6.07, 6.45) is 3.19. The summed E-state index contributed by atoms with van der Waals surface area (Å²) in [6, 6.07) is 0. The number of nitrogens with two attached hydrogens (primary N) is 1. The van der Waals surface area contributed by atoms with Crippen molar-refractivity contribution in [1.29, 1.82) is 0 Å². The van der Waals surface area contributed by atoms with Gasteiger partial charge in [-0.1, -0.05) is 6.92 Å². The molecule has 1 aromatic heterocycles. The summed E-state index contributed by atoms with van der Waals surface area (Å²) in [5.74, 6) is 0. The summed E-state index contributed by atoms with van der Waals surface area (Å²) in [5.41, 5.74) is 8.00. The molecule has 2 N–H and O–H groups in total. The van der Waals surface area contributed by atoms with Crippen molar-refractivity contribution in [1.82, 2.24) is 9.88 Å². The molecular weight excluding hydrogens is 230 g/mol. The van der Waals surface area contributed by atoms with Crippen molar-refractivity contribution in [3.8, 4) is 0 Å². The van der Waals surface area contributed by atoms with E-state index in [1.807, 2.05) is 11.7 Å². The lowest BCUT2D eigenvalue weighted by atomic mass is 9.90. The van der Waals surface area contributed by atoms with Gasteiger partial charge in [0.05, 0.1) is 5.51 Å². The predicted octanol–water partition coefficient (Wildman–Crippen LogP) is 1.74. The first-order chi connectivity index (χ1) is 6.72. The van der Waals surface area contributed by atoms with Crippen molar-refractivity contribution in [2.24, 2.45) is 11.1 Å². The van der Waals surface area contributed by atoms with Crippen LogP contribution in [0.3, 0.4) is 0 Å². The summed E-state index contributed by atoms with van der Waals surface area (Å²) in [7, 11) is 0. The zero-order valence-corrected chi connectivity index (χ0v) is 10.6. The molecule has 1 aliphatic heterocycles. The topological polar surface area (TPSA) is 42.1 Å². The van der Waals surface area contributed by atoms with Gasteiger partial charge < -0.3 is 5.73 Å². The third kappa shape index (κ3) is 3.14. The lowest BCUT2D eigenvalue weighted by molar-refractivity contribution is 0.276. The molecule has 0 saturated carbocycles. The first kappa shape index (κ1) is 12.9. The Hall–Kier alpha value is -0.160. The molecule has 3 nitrogen and oxygen atoms in total. The summed E-state index contributed by atoms with van der Waals surface area (Å²) < 4.78 is 0. The van der Waals surface area contributed by atoms with Crippen LogP contribution in [-0.2, 0) is 6.54 Å². The van der Waals surface area contributed by atoms with E-state index in [1.54, 1.807) is 11.3 Å². The van der Waals surface area contributed by atoms with E-state index >= 15 is 0 Å². The van der Waals surface area contributed by atoms with E-state index in [0.717, 1.165) is 19.6 Å². The predicted molar refractivity (Wildman–Crippen MR) is 66.4 cm³/mol. The highest BCUT2D eigenvalue weighted by atomic mass is 35.5. The Balaban J connectivity index is 0.00000112. The molecule has 15 heavy (non-hydrogen) atoms. The summed E-state index contributed by atoms with van der Waals surface area (Å²) in [6.45, 7) is 6.42. The Labute approximate surface area is 101 Å². The van der Waals surface area contributed by atoms with E-state index in [0.29, 0.717) is 5.41 Å². The van der Waals surface area contributed by atoms with Gasteiger partial charge in [0.2, 0.25) is 0 Å². The molecule has 0 spiro atoms. The van der Waals surface area contributed by atoms with Gasteiger partial charge in [-0.15, -0.1) is 23.7 Å². The number of nitrogens with zero attached hydrogens (tertiary/aromatic N) is 2. The maximum absolute atomic E-state index is 5.77. The molecule has 0 aromatic carbocycles. The molecule has 86 valence electrons. The van der Waals surface area contributed by atoms with Gasteiger partial charge in [-0.05, 0) is 24.9 Å². The van der Waals surface area contributed by atoms with Crippen molar-refractivity contribution < 1.29 is 0 Å². The second-order valence-electron chi connectivity index (χ2n) is 4.44. The van der Waals surface area contributed by atoms with Gasteiger partial charge in [-0.3, -0.25) is 9.88 Å². The largest absolute Gasteiger partial charge is 0.330 e. The van der Waals surface area contributed by atoms with Gasteiger partial charge in [-0.25, -0.2) is 0 Å². The average Bonchev–Trinajstić information content (AvgIpc) is 2.78. The van der Waals surface area contributed by atoms with Crippen LogP contribution in [0.15, 0.2) is 11.7 Å². The summed E-state index contributed by atoms with van der Waals surface area (Å²) in [5, 5.41) is 0. The van der Waals surface area contributed by atoms with Gasteiger partial charge >= 0.3 is 0 Å². The molecule has 1 aliphatic rings. The number of hydrogen-bond acceptors (Lipinski definition) is 4. The smallest absolute Gasteiger partial charge is 0.0794 e. The second-order valence-corrected chi connectivity index (χ2v) is 5.41. The minimum absolute atomic E-state index is 0. The van der Waals surface area contributed by atoms with Crippen LogP contribution in [0.4, 0.5) is 0 Å². The summed E-state index contributed by atoms with van der Waals surface area (Å²) in [4.78, 5) is 7.91. The molecule has 1 atom stereocenters. The maximum Gasteiger partial charge on any atom is 0.0794 e. The zero-order chi connectivity index (χ0) is 10.0. The maximum atomic E-state index is 5.77. The minimum atomic E-state index is 0. The number of likely N-dealkylation sites (tertiary alicyclic amines) is 1. The van der Waals surface area contributed by atoms with E-state index in [9.17, 15) is 0 Å². The van der Waals surface area contributed by atoms with Gasteiger partial charge in [0.1, 0.15) is 0 Å². The lowest BCUT2D eigenvalue weighted by Gasteiger charge is -2.22. The molecule has 2 rings (SSSR count). The monoisotopic (exact) mass is 247 g/mol. The van der Waals surface area contributed by atoms with Crippen molar-refractivity contribution in [2.45, 2.75) is 19.9 Å². The highest BCUT2D eigenvalue weighted by Crippen LogP contribution is 2.29. The van der Waals surface area contributed by atoms with Crippen LogP contribution in [0.2, 0.25) is 0 Å². The van der Waals surface area contributed by atoms with Crippen molar-refractivity contribution in [3.05, 3.63) is 16.6 Å². The molecule has 2 heterocycles. The Bertz CT molecular complexity index is 291. The number of halogens is 1. The van der Waals surface area contributed by atoms with Crippen LogP contribution < -0.4 is 5.73 Å². The lowest BCUT2D eigenvalue weighted by Crippen LogP contribution is -2.30. The van der Waals surface area contributed by atoms with E-state index < -0.39 is 0 Å². The quantitative estimate of drug-likeness (QED) is 0.885. The second kappa shape index (κ2) is 5.25. The fourth-order valence-electron chi connectivity index (χ4n) is 1.97. The van der Waals surface area contributed by atoms with Crippen molar-refractivity contribution in [2.75, 3.05) is 19.6 Å². The van der Waals surface area contributed by atoms with Crippen LogP contribution in [-0.4, -0.2) is 29.5 Å². The average molecular weight is 248 g/mol. The number of aromatic nitrogens is 1. The fraction of sp³-hybridized carbons (Fsp3) is 0.700. The Kier molecular flexibility index (Phi) is 4.52. The molecule has 0 amide bonds. The van der Waals surface area contributed by atoms with E-state index in [4.69, 9.17) is 5.73 Å². The summed E-state index contributed by atoms with van der Waals surface area (Å²) >= 11 is 1.73. The highest BCUT2D eigenvalue weighted by Gasteiger charge is 2.32. The van der Waals surface area contributed by atoms with Gasteiger partial charge in [-0.2, -0.15) is 0 Å². The first-order valence-electron chi connectivity index (χ1n) is 5.02. The molecule has 0 bridgehead atoms. The van der Waals surface area contributed by atoms with Crippen LogP contribution in [0, 0.1) is 5.41 Å². The van der Waals surface area contributed by atoms with E-state index in [2.05, 4.69) is 16.8 Å². The number of thiazole rings is 1.